The van der Waals surface area contributed by atoms with Crippen LogP contribution in [-0.2, 0) is 6.42 Å². The van der Waals surface area contributed by atoms with Crippen LogP contribution in [0.4, 0.5) is 0 Å². The minimum Gasteiger partial charge on any atom is -0.393 e. The summed E-state index contributed by atoms with van der Waals surface area (Å²) in [6.45, 7) is 3.67. The number of aliphatic hydroxyl groups is 2. The minimum atomic E-state index is -0.456. The molecule has 0 spiro atoms. The van der Waals surface area contributed by atoms with Crippen molar-refractivity contribution >= 4 is 17.0 Å². The van der Waals surface area contributed by atoms with E-state index < -0.39 is 6.10 Å². The predicted octanol–water partition coefficient (Wildman–Crippen LogP) is 1.74. The van der Waals surface area contributed by atoms with Gasteiger partial charge in [-0.05, 0) is 19.8 Å². The van der Waals surface area contributed by atoms with E-state index in [0.29, 0.717) is 19.3 Å². The third-order valence-electron chi connectivity index (χ3n) is 2.19. The highest BCUT2D eigenvalue weighted by molar-refractivity contribution is 8.93. The third-order valence-corrected chi connectivity index (χ3v) is 2.19. The van der Waals surface area contributed by atoms with E-state index >= 15 is 0 Å². The van der Waals surface area contributed by atoms with Crippen LogP contribution in [0.5, 0.6) is 0 Å². The number of aromatic nitrogens is 2. The molecule has 2 unspecified atom stereocenters. The number of rotatable bonds is 5. The second-order valence-electron chi connectivity index (χ2n) is 3.60. The van der Waals surface area contributed by atoms with E-state index in [4.69, 9.17) is 5.11 Å². The maximum Gasteiger partial charge on any atom is 0.106 e. The Labute approximate surface area is 101 Å². The highest BCUT2D eigenvalue weighted by Crippen LogP contribution is 2.13. The van der Waals surface area contributed by atoms with Crippen molar-refractivity contribution in [1.29, 1.82) is 0 Å². The van der Waals surface area contributed by atoms with E-state index in [1.165, 1.54) is 0 Å². The Bertz CT molecular complexity index is 276. The van der Waals surface area contributed by atoms with E-state index in [1.807, 2.05) is 6.92 Å². The molecule has 0 radical (unpaired) electrons. The van der Waals surface area contributed by atoms with E-state index in [-0.39, 0.29) is 23.1 Å². The van der Waals surface area contributed by atoms with E-state index in [0.717, 1.165) is 11.5 Å². The molecule has 2 atom stereocenters. The summed E-state index contributed by atoms with van der Waals surface area (Å²) in [6.07, 6.45) is 2.98. The molecular formula is C10H19BrN2O2. The molecule has 0 aliphatic heterocycles. The quantitative estimate of drug-likeness (QED) is 0.769. The van der Waals surface area contributed by atoms with Crippen molar-refractivity contribution in [3.8, 4) is 0 Å². The van der Waals surface area contributed by atoms with Crippen molar-refractivity contribution in [3.63, 3.8) is 0 Å². The van der Waals surface area contributed by atoms with Crippen LogP contribution in [0.3, 0.4) is 0 Å². The Morgan fingerprint density at radius 1 is 1.47 bits per heavy atom. The fraction of sp³-hybridized carbons (Fsp3) is 0.700. The van der Waals surface area contributed by atoms with Gasteiger partial charge in [0, 0.05) is 6.42 Å². The van der Waals surface area contributed by atoms with E-state index in [9.17, 15) is 5.11 Å². The van der Waals surface area contributed by atoms with E-state index in [2.05, 4.69) is 9.97 Å². The maximum absolute atomic E-state index is 9.50. The zero-order chi connectivity index (χ0) is 10.6. The van der Waals surface area contributed by atoms with Crippen LogP contribution < -0.4 is 0 Å². The van der Waals surface area contributed by atoms with Crippen molar-refractivity contribution in [2.24, 2.45) is 0 Å². The van der Waals surface area contributed by atoms with Gasteiger partial charge in [0.2, 0.25) is 0 Å². The molecule has 0 aliphatic rings. The smallest absolute Gasteiger partial charge is 0.106 e. The van der Waals surface area contributed by atoms with Crippen LogP contribution in [0.25, 0.3) is 0 Å². The Morgan fingerprint density at radius 2 is 2.13 bits per heavy atom. The molecule has 0 amide bonds. The Balaban J connectivity index is 0.00000196. The number of hydrogen-bond acceptors (Lipinski definition) is 3. The first-order valence-corrected chi connectivity index (χ1v) is 5.03. The van der Waals surface area contributed by atoms with Gasteiger partial charge in [0.05, 0.1) is 24.1 Å². The van der Waals surface area contributed by atoms with Gasteiger partial charge in [-0.3, -0.25) is 0 Å². The van der Waals surface area contributed by atoms with Crippen molar-refractivity contribution in [1.82, 2.24) is 9.97 Å². The summed E-state index contributed by atoms with van der Waals surface area (Å²) < 4.78 is 0. The average Bonchev–Trinajstić information content (AvgIpc) is 2.62. The largest absolute Gasteiger partial charge is 0.393 e. The highest BCUT2D eigenvalue weighted by Gasteiger charge is 2.08. The van der Waals surface area contributed by atoms with Crippen LogP contribution in [0.2, 0.25) is 0 Å². The molecule has 3 N–H and O–H groups in total. The number of hydrogen-bond donors (Lipinski definition) is 3. The summed E-state index contributed by atoms with van der Waals surface area (Å²) in [7, 11) is 0. The standard InChI is InChI=1S/C10H18N2O2.BrH/c1-3-9(14)8-6-11-10(12-8)5-4-7(2)13;/h6-7,9,13-14H,3-5H2,1-2H3,(H,11,12);1H. The molecule has 0 aromatic carbocycles. The van der Waals surface area contributed by atoms with Crippen molar-refractivity contribution in [2.45, 2.75) is 45.3 Å². The summed E-state index contributed by atoms with van der Waals surface area (Å²) in [5, 5.41) is 18.6. The molecule has 0 saturated carbocycles. The van der Waals surface area contributed by atoms with Gasteiger partial charge >= 0.3 is 0 Å². The van der Waals surface area contributed by atoms with Gasteiger partial charge in [-0.1, -0.05) is 6.92 Å². The zero-order valence-corrected chi connectivity index (χ0v) is 10.8. The second kappa shape index (κ2) is 6.98. The number of halogens is 1. The van der Waals surface area contributed by atoms with Crippen molar-refractivity contribution < 1.29 is 10.2 Å². The van der Waals surface area contributed by atoms with Crippen molar-refractivity contribution in [3.05, 3.63) is 17.7 Å². The molecule has 1 rings (SSSR count). The number of H-pyrrole nitrogens is 1. The topological polar surface area (TPSA) is 69.1 Å². The van der Waals surface area contributed by atoms with Crippen LogP contribution in [0.1, 0.15) is 44.3 Å². The van der Waals surface area contributed by atoms with Gasteiger partial charge in [-0.25, -0.2) is 4.98 Å². The predicted molar refractivity (Wildman–Crippen MR) is 64.2 cm³/mol. The molecule has 4 nitrogen and oxygen atoms in total. The monoisotopic (exact) mass is 278 g/mol. The molecule has 15 heavy (non-hydrogen) atoms. The molecule has 0 bridgehead atoms. The lowest BCUT2D eigenvalue weighted by molar-refractivity contribution is 0.169. The Morgan fingerprint density at radius 3 is 2.67 bits per heavy atom. The van der Waals surface area contributed by atoms with Gasteiger partial charge < -0.3 is 15.2 Å². The number of aryl methyl sites for hydroxylation is 1. The fourth-order valence-electron chi connectivity index (χ4n) is 1.24. The van der Waals surface area contributed by atoms with Crippen LogP contribution in [0.15, 0.2) is 6.20 Å². The number of imidazole rings is 1. The van der Waals surface area contributed by atoms with Crippen LogP contribution in [0, 0.1) is 0 Å². The van der Waals surface area contributed by atoms with Gasteiger partial charge in [0.1, 0.15) is 5.82 Å². The van der Waals surface area contributed by atoms with E-state index in [1.54, 1.807) is 13.1 Å². The number of aromatic amines is 1. The maximum atomic E-state index is 9.50. The molecule has 0 saturated heterocycles. The number of nitrogens with one attached hydrogen (secondary N) is 1. The normalized spacial score (nSPS) is 14.4. The lowest BCUT2D eigenvalue weighted by Crippen LogP contribution is -2.02. The van der Waals surface area contributed by atoms with Gasteiger partial charge in [0.15, 0.2) is 0 Å². The summed E-state index contributed by atoms with van der Waals surface area (Å²) in [6, 6.07) is 0. The molecule has 1 heterocycles. The van der Waals surface area contributed by atoms with Crippen LogP contribution >= 0.6 is 17.0 Å². The molecule has 1 aromatic heterocycles. The molecule has 88 valence electrons. The first-order chi connectivity index (χ1) is 6.63. The number of aliphatic hydroxyl groups excluding tert-OH is 2. The third kappa shape index (κ3) is 4.77. The molecule has 5 heteroatoms. The number of nitrogens with zero attached hydrogens (tertiary/aromatic N) is 1. The lowest BCUT2D eigenvalue weighted by Gasteiger charge is -2.03. The fourth-order valence-corrected chi connectivity index (χ4v) is 1.24. The highest BCUT2D eigenvalue weighted by atomic mass is 79.9. The van der Waals surface area contributed by atoms with Crippen molar-refractivity contribution in [2.75, 3.05) is 0 Å². The van der Waals surface area contributed by atoms with Gasteiger partial charge in [0.25, 0.3) is 0 Å². The summed E-state index contributed by atoms with van der Waals surface area (Å²) >= 11 is 0. The SMILES string of the molecule is Br.CCC(O)c1cnc(CCC(C)O)[nH]1. The molecular weight excluding hydrogens is 260 g/mol. The zero-order valence-electron chi connectivity index (χ0n) is 9.10. The average molecular weight is 279 g/mol. The minimum absolute atomic E-state index is 0. The summed E-state index contributed by atoms with van der Waals surface area (Å²) in [4.78, 5) is 7.18. The Kier molecular flexibility index (Phi) is 6.80. The second-order valence-corrected chi connectivity index (χ2v) is 3.60. The molecule has 1 aromatic rings. The first-order valence-electron chi connectivity index (χ1n) is 5.03. The first kappa shape index (κ1) is 14.6. The van der Waals surface area contributed by atoms with Gasteiger partial charge in [-0.2, -0.15) is 0 Å². The Hall–Kier alpha value is -0.390. The molecule has 0 fully saturated rings. The van der Waals surface area contributed by atoms with Crippen LogP contribution in [-0.4, -0.2) is 26.3 Å². The molecule has 0 aliphatic carbocycles. The van der Waals surface area contributed by atoms with Gasteiger partial charge in [-0.15, -0.1) is 17.0 Å². The summed E-state index contributed by atoms with van der Waals surface area (Å²) in [5.74, 6) is 0.827. The summed E-state index contributed by atoms with van der Waals surface area (Å²) in [5.41, 5.74) is 0.757. The lowest BCUT2D eigenvalue weighted by atomic mass is 10.2.